The number of benzene rings is 2. The highest BCUT2D eigenvalue weighted by Gasteiger charge is 2.32. The van der Waals surface area contributed by atoms with Crippen LogP contribution in [0.2, 0.25) is 0 Å². The number of anilines is 1. The van der Waals surface area contributed by atoms with Crippen molar-refractivity contribution in [2.75, 3.05) is 26.0 Å². The first kappa shape index (κ1) is 20.5. The molecule has 0 radical (unpaired) electrons. The van der Waals surface area contributed by atoms with Crippen molar-refractivity contribution in [3.05, 3.63) is 59.9 Å². The van der Waals surface area contributed by atoms with Crippen molar-refractivity contribution in [2.45, 2.75) is 12.4 Å². The summed E-state index contributed by atoms with van der Waals surface area (Å²) in [5, 5.41) is 2.61. The largest absolute Gasteiger partial charge is 0.573 e. The third-order valence-electron chi connectivity index (χ3n) is 3.69. The van der Waals surface area contributed by atoms with Gasteiger partial charge in [-0.15, -0.1) is 13.2 Å². The first-order chi connectivity index (χ1) is 12.7. The molecule has 0 aromatic heterocycles. The van der Waals surface area contributed by atoms with Crippen molar-refractivity contribution >= 4 is 11.6 Å². The van der Waals surface area contributed by atoms with Crippen molar-refractivity contribution < 1.29 is 22.3 Å². The average Bonchev–Trinajstić information content (AvgIpc) is 2.57. The number of rotatable bonds is 6. The standard InChI is InChI=1S/C18H20F4N4O/c1-26(2)15(12-7-9-13(19)10-8-12)11-24-17(23)25-14-5-3-4-6-16(14)27-18(20,21)22/h3-10,15H,11H2,1-2H3,(H3,23,24,25). The predicted molar refractivity (Wildman–Crippen MR) is 96.1 cm³/mol. The Morgan fingerprint density at radius 2 is 1.78 bits per heavy atom. The lowest BCUT2D eigenvalue weighted by molar-refractivity contribution is -0.274. The minimum absolute atomic E-state index is 0.0410. The van der Waals surface area contributed by atoms with Crippen LogP contribution >= 0.6 is 0 Å². The molecule has 0 saturated carbocycles. The van der Waals surface area contributed by atoms with Gasteiger partial charge in [0.1, 0.15) is 5.82 Å². The van der Waals surface area contributed by atoms with E-state index in [0.29, 0.717) is 0 Å². The van der Waals surface area contributed by atoms with Gasteiger partial charge in [0.15, 0.2) is 11.7 Å². The van der Waals surface area contributed by atoms with Gasteiger partial charge in [0.05, 0.1) is 18.3 Å². The summed E-state index contributed by atoms with van der Waals surface area (Å²) in [6.07, 6.45) is -4.82. The molecule has 0 amide bonds. The summed E-state index contributed by atoms with van der Waals surface area (Å²) in [6.45, 7) is 0.222. The Balaban J connectivity index is 2.12. The van der Waals surface area contributed by atoms with Gasteiger partial charge in [-0.25, -0.2) is 4.39 Å². The summed E-state index contributed by atoms with van der Waals surface area (Å²) in [5.41, 5.74) is 6.69. The monoisotopic (exact) mass is 384 g/mol. The number of aliphatic imine (C=N–C) groups is 1. The molecule has 0 aliphatic carbocycles. The SMILES string of the molecule is CN(C)C(CN=C(N)Nc1ccccc1OC(F)(F)F)c1ccc(F)cc1. The quantitative estimate of drug-likeness (QED) is 0.452. The second-order valence-electron chi connectivity index (χ2n) is 5.93. The van der Waals surface area contributed by atoms with E-state index in [1.54, 1.807) is 18.2 Å². The van der Waals surface area contributed by atoms with Crippen LogP contribution in [0.5, 0.6) is 5.75 Å². The highest BCUT2D eigenvalue weighted by atomic mass is 19.4. The Bertz CT molecular complexity index is 776. The van der Waals surface area contributed by atoms with E-state index in [9.17, 15) is 17.6 Å². The Morgan fingerprint density at radius 3 is 2.37 bits per heavy atom. The molecule has 2 aromatic carbocycles. The van der Waals surface area contributed by atoms with Gasteiger partial charge in [0, 0.05) is 0 Å². The van der Waals surface area contributed by atoms with E-state index < -0.39 is 12.1 Å². The number of nitrogens with two attached hydrogens (primary N) is 1. The molecule has 9 heteroatoms. The predicted octanol–water partition coefficient (Wildman–Crippen LogP) is 3.75. The lowest BCUT2D eigenvalue weighted by atomic mass is 10.1. The Hall–Kier alpha value is -2.81. The van der Waals surface area contributed by atoms with E-state index in [2.05, 4.69) is 15.0 Å². The molecule has 0 spiro atoms. The minimum atomic E-state index is -4.82. The molecule has 0 aliphatic rings. The van der Waals surface area contributed by atoms with Crippen LogP contribution in [-0.4, -0.2) is 37.9 Å². The number of likely N-dealkylation sites (N-methyl/N-ethyl adjacent to an activating group) is 1. The Kier molecular flexibility index (Phi) is 6.62. The third-order valence-corrected chi connectivity index (χ3v) is 3.69. The highest BCUT2D eigenvalue weighted by Crippen LogP contribution is 2.29. The number of guanidine groups is 1. The van der Waals surface area contributed by atoms with E-state index in [1.807, 2.05) is 19.0 Å². The molecule has 5 nitrogen and oxygen atoms in total. The van der Waals surface area contributed by atoms with Crippen molar-refractivity contribution in [1.29, 1.82) is 0 Å². The van der Waals surface area contributed by atoms with Crippen molar-refractivity contribution in [1.82, 2.24) is 4.90 Å². The molecule has 0 saturated heterocycles. The maximum Gasteiger partial charge on any atom is 0.573 e. The maximum atomic E-state index is 13.1. The summed E-state index contributed by atoms with van der Waals surface area (Å²) in [5.74, 6) is -0.824. The van der Waals surface area contributed by atoms with Crippen molar-refractivity contribution in [2.24, 2.45) is 10.7 Å². The lowest BCUT2D eigenvalue weighted by Crippen LogP contribution is -2.28. The molecule has 2 rings (SSSR count). The third kappa shape index (κ3) is 6.45. The first-order valence-corrected chi connectivity index (χ1v) is 7.99. The number of ether oxygens (including phenoxy) is 1. The van der Waals surface area contributed by atoms with Crippen LogP contribution in [0.3, 0.4) is 0 Å². The van der Waals surface area contributed by atoms with Gasteiger partial charge in [-0.2, -0.15) is 0 Å². The van der Waals surface area contributed by atoms with Crippen molar-refractivity contribution in [3.8, 4) is 5.75 Å². The van der Waals surface area contributed by atoms with Crippen LogP contribution < -0.4 is 15.8 Å². The zero-order valence-corrected chi connectivity index (χ0v) is 14.8. The van der Waals surface area contributed by atoms with E-state index in [-0.39, 0.29) is 30.1 Å². The summed E-state index contributed by atoms with van der Waals surface area (Å²) < 4.78 is 54.5. The normalized spacial score (nSPS) is 13.5. The van der Waals surface area contributed by atoms with Crippen LogP contribution in [0.15, 0.2) is 53.5 Å². The summed E-state index contributed by atoms with van der Waals surface area (Å²) in [6, 6.07) is 11.3. The fourth-order valence-electron chi connectivity index (χ4n) is 2.40. The fraction of sp³-hybridized carbons (Fsp3) is 0.278. The second kappa shape index (κ2) is 8.72. The van der Waals surface area contributed by atoms with Gasteiger partial charge in [0.2, 0.25) is 0 Å². The van der Waals surface area contributed by atoms with Gasteiger partial charge in [-0.3, -0.25) is 4.99 Å². The smallest absolute Gasteiger partial charge is 0.404 e. The molecule has 27 heavy (non-hydrogen) atoms. The van der Waals surface area contributed by atoms with Crippen molar-refractivity contribution in [3.63, 3.8) is 0 Å². The Labute approximate surface area is 154 Å². The number of nitrogens with one attached hydrogen (secondary N) is 1. The lowest BCUT2D eigenvalue weighted by Gasteiger charge is -2.23. The number of halogens is 4. The van der Waals surface area contributed by atoms with Gasteiger partial charge >= 0.3 is 6.36 Å². The molecule has 1 atom stereocenters. The number of alkyl halides is 3. The van der Waals surface area contributed by atoms with E-state index >= 15 is 0 Å². The van der Waals surface area contributed by atoms with Gasteiger partial charge in [-0.1, -0.05) is 24.3 Å². The maximum absolute atomic E-state index is 13.1. The topological polar surface area (TPSA) is 62.9 Å². The van der Waals surface area contributed by atoms with Crippen LogP contribution in [0.25, 0.3) is 0 Å². The van der Waals surface area contributed by atoms with Crippen LogP contribution in [0, 0.1) is 5.82 Å². The zero-order valence-electron chi connectivity index (χ0n) is 14.8. The summed E-state index contributed by atoms with van der Waals surface area (Å²) in [7, 11) is 3.67. The number of hydrogen-bond donors (Lipinski definition) is 2. The molecule has 0 heterocycles. The molecule has 0 fully saturated rings. The van der Waals surface area contributed by atoms with Crippen LogP contribution in [0.4, 0.5) is 23.2 Å². The fourth-order valence-corrected chi connectivity index (χ4v) is 2.40. The summed E-state index contributed by atoms with van der Waals surface area (Å²) >= 11 is 0. The first-order valence-electron chi connectivity index (χ1n) is 7.99. The molecule has 3 N–H and O–H groups in total. The average molecular weight is 384 g/mol. The van der Waals surface area contributed by atoms with Gasteiger partial charge < -0.3 is 20.7 Å². The molecule has 146 valence electrons. The molecule has 2 aromatic rings. The minimum Gasteiger partial charge on any atom is -0.404 e. The van der Waals surface area contributed by atoms with Crippen LogP contribution in [0.1, 0.15) is 11.6 Å². The summed E-state index contributed by atoms with van der Waals surface area (Å²) in [4.78, 5) is 6.07. The second-order valence-corrected chi connectivity index (χ2v) is 5.93. The molecular formula is C18H20F4N4O. The Morgan fingerprint density at radius 1 is 1.15 bits per heavy atom. The molecule has 1 unspecified atom stereocenters. The number of nitrogens with zero attached hydrogens (tertiary/aromatic N) is 2. The molecule has 0 aliphatic heterocycles. The van der Waals surface area contributed by atoms with Crippen LogP contribution in [-0.2, 0) is 0 Å². The van der Waals surface area contributed by atoms with Gasteiger partial charge in [0.25, 0.3) is 0 Å². The molecule has 0 bridgehead atoms. The van der Waals surface area contributed by atoms with E-state index in [4.69, 9.17) is 5.73 Å². The number of hydrogen-bond acceptors (Lipinski definition) is 3. The molecular weight excluding hydrogens is 364 g/mol. The highest BCUT2D eigenvalue weighted by molar-refractivity contribution is 5.93. The van der Waals surface area contributed by atoms with Gasteiger partial charge in [-0.05, 0) is 43.9 Å². The van der Waals surface area contributed by atoms with E-state index in [1.165, 1.54) is 30.3 Å². The zero-order chi connectivity index (χ0) is 20.0. The number of para-hydroxylation sites is 2. The van der Waals surface area contributed by atoms with E-state index in [0.717, 1.165) is 5.56 Å².